The van der Waals surface area contributed by atoms with Gasteiger partial charge in [-0.15, -0.1) is 11.3 Å². The van der Waals surface area contributed by atoms with Crippen molar-refractivity contribution in [2.75, 3.05) is 0 Å². The molecule has 2 heterocycles. The molecule has 1 aliphatic rings. The summed E-state index contributed by atoms with van der Waals surface area (Å²) in [5, 5.41) is 13.1. The smallest absolute Gasteiger partial charge is 0.419 e. The molecule has 1 saturated carbocycles. The second-order valence-corrected chi connectivity index (χ2v) is 13.5. The molecule has 1 aromatic carbocycles. The lowest BCUT2D eigenvalue weighted by Gasteiger charge is -2.25. The van der Waals surface area contributed by atoms with Crippen LogP contribution in [0.4, 0.5) is 30.7 Å². The number of carboxylic acid groups (broad SMARTS) is 1. The summed E-state index contributed by atoms with van der Waals surface area (Å²) in [6, 6.07) is -1.56. The third kappa shape index (κ3) is 7.01. The highest BCUT2D eigenvalue weighted by Crippen LogP contribution is 2.46. The van der Waals surface area contributed by atoms with E-state index in [2.05, 4.69) is 15.1 Å². The quantitative estimate of drug-likeness (QED) is 0.245. The number of sulfonamides is 1. The van der Waals surface area contributed by atoms with Crippen LogP contribution in [0.5, 0.6) is 0 Å². The zero-order valence-electron chi connectivity index (χ0n) is 22.7. The molecule has 0 aliphatic heterocycles. The number of alkyl halides is 6. The summed E-state index contributed by atoms with van der Waals surface area (Å²) >= 11 is 0.653. The van der Waals surface area contributed by atoms with Gasteiger partial charge in [0.15, 0.2) is 10.8 Å². The molecule has 3 aromatic rings. The second kappa shape index (κ2) is 11.4. The van der Waals surface area contributed by atoms with E-state index < -0.39 is 61.6 Å². The molecule has 0 bridgehead atoms. The number of carboxylic acids is 1. The number of nitrogens with zero attached hydrogens (tertiary/aromatic N) is 3. The van der Waals surface area contributed by atoms with E-state index in [1.807, 2.05) is 0 Å². The predicted octanol–water partition coefficient (Wildman–Crippen LogP) is 6.24. The Morgan fingerprint density at radius 3 is 2.35 bits per heavy atom. The molecule has 0 spiro atoms. The summed E-state index contributed by atoms with van der Waals surface area (Å²) in [6.45, 7) is 3.27. The predicted molar refractivity (Wildman–Crippen MR) is 138 cm³/mol. The maximum atomic E-state index is 15.5. The Morgan fingerprint density at radius 2 is 1.81 bits per heavy atom. The highest BCUT2D eigenvalue weighted by Gasteiger charge is 2.44. The molecule has 9 nitrogen and oxygen atoms in total. The summed E-state index contributed by atoms with van der Waals surface area (Å²) in [5.41, 5.74) is -3.90. The number of rotatable bonds is 10. The Morgan fingerprint density at radius 1 is 1.16 bits per heavy atom. The highest BCUT2D eigenvalue weighted by molar-refractivity contribution is 7.89. The van der Waals surface area contributed by atoms with Crippen LogP contribution in [0, 0.1) is 17.2 Å². The number of aromatic nitrogens is 3. The zero-order chi connectivity index (χ0) is 32.1. The number of benzene rings is 1. The molecular weight excluding hydrogens is 633 g/mol. The first kappa shape index (κ1) is 32.8. The van der Waals surface area contributed by atoms with Crippen LogP contribution < -0.4 is 4.72 Å². The fourth-order valence-electron chi connectivity index (χ4n) is 4.23. The first-order valence-electron chi connectivity index (χ1n) is 12.8. The standard InChI is InChI=1S/C25H25F7N4O5S2/c1-11(24(27,28)29)36-43(39,40)15-8-7-13(17(18(15)26)25(30,31)32)19-14(9-12-5-4-6-12)33-21(42-19)20-34-16(41-35-20)10-23(2,3)22(37)38/h7-8,11-12,36H,4-6,9-10H2,1-3H3,(H,37,38)/t11-/m0/s1. The Hall–Kier alpha value is -3.12. The summed E-state index contributed by atoms with van der Waals surface area (Å²) < 4.78 is 129. The lowest BCUT2D eigenvalue weighted by molar-refractivity contribution is -0.147. The van der Waals surface area contributed by atoms with Crippen LogP contribution in [0.25, 0.3) is 21.3 Å². The molecule has 1 atom stereocenters. The fraction of sp³-hybridized carbons (Fsp3) is 0.520. The van der Waals surface area contributed by atoms with Crippen molar-refractivity contribution < 1.29 is 53.6 Å². The van der Waals surface area contributed by atoms with Crippen molar-refractivity contribution in [2.45, 2.75) is 76.2 Å². The van der Waals surface area contributed by atoms with E-state index in [4.69, 9.17) is 4.52 Å². The van der Waals surface area contributed by atoms with Gasteiger partial charge < -0.3 is 9.63 Å². The number of aliphatic carboxylic acids is 1. The van der Waals surface area contributed by atoms with Crippen molar-refractivity contribution in [3.63, 3.8) is 0 Å². The van der Waals surface area contributed by atoms with Crippen LogP contribution >= 0.6 is 11.3 Å². The summed E-state index contributed by atoms with van der Waals surface area (Å²) in [4.78, 5) is 18.2. The fourth-order valence-corrected chi connectivity index (χ4v) is 6.59. The van der Waals surface area contributed by atoms with Crippen LogP contribution in [0.2, 0.25) is 0 Å². The average molecular weight is 659 g/mol. The van der Waals surface area contributed by atoms with Gasteiger partial charge >= 0.3 is 18.3 Å². The van der Waals surface area contributed by atoms with Crippen molar-refractivity contribution in [3.8, 4) is 21.3 Å². The van der Waals surface area contributed by atoms with Crippen LogP contribution in [0.15, 0.2) is 21.6 Å². The summed E-state index contributed by atoms with van der Waals surface area (Å²) in [5.74, 6) is -3.56. The van der Waals surface area contributed by atoms with E-state index >= 15 is 4.39 Å². The van der Waals surface area contributed by atoms with Gasteiger partial charge in [-0.2, -0.15) is 36.0 Å². The van der Waals surface area contributed by atoms with Gasteiger partial charge in [-0.05, 0) is 39.2 Å². The maximum absolute atomic E-state index is 15.5. The minimum Gasteiger partial charge on any atom is -0.481 e. The number of nitrogens with one attached hydrogen (secondary N) is 1. The number of carbonyl (C=O) groups is 1. The van der Waals surface area contributed by atoms with E-state index in [1.165, 1.54) is 13.8 Å². The lowest BCUT2D eigenvalue weighted by Crippen LogP contribution is -2.43. The van der Waals surface area contributed by atoms with Gasteiger partial charge in [-0.3, -0.25) is 4.79 Å². The van der Waals surface area contributed by atoms with Crippen molar-refractivity contribution in [2.24, 2.45) is 11.3 Å². The number of thiazole rings is 1. The molecule has 0 unspecified atom stereocenters. The molecule has 0 saturated heterocycles. The van der Waals surface area contributed by atoms with Crippen LogP contribution in [-0.2, 0) is 33.8 Å². The van der Waals surface area contributed by atoms with Gasteiger partial charge in [-0.1, -0.05) is 30.5 Å². The summed E-state index contributed by atoms with van der Waals surface area (Å²) in [7, 11) is -5.37. The van der Waals surface area contributed by atoms with Gasteiger partial charge in [0.2, 0.25) is 21.7 Å². The number of hydrogen-bond donors (Lipinski definition) is 2. The van der Waals surface area contributed by atoms with Crippen molar-refractivity contribution in [3.05, 3.63) is 35.1 Å². The molecule has 18 heteroatoms. The van der Waals surface area contributed by atoms with Crippen LogP contribution in [0.1, 0.15) is 57.2 Å². The van der Waals surface area contributed by atoms with Crippen molar-refractivity contribution in [1.82, 2.24) is 19.8 Å². The van der Waals surface area contributed by atoms with E-state index in [1.54, 1.807) is 0 Å². The Bertz CT molecular complexity index is 1630. The zero-order valence-corrected chi connectivity index (χ0v) is 24.4. The lowest BCUT2D eigenvalue weighted by atomic mass is 9.81. The van der Waals surface area contributed by atoms with E-state index in [9.17, 15) is 44.7 Å². The van der Waals surface area contributed by atoms with Gasteiger partial charge in [-0.25, -0.2) is 17.8 Å². The minimum absolute atomic E-state index is 0.0154. The minimum atomic E-state index is -5.46. The van der Waals surface area contributed by atoms with Gasteiger partial charge in [0.25, 0.3) is 0 Å². The summed E-state index contributed by atoms with van der Waals surface area (Å²) in [6.07, 6.45) is -8.07. The Kier molecular flexibility index (Phi) is 8.71. The van der Waals surface area contributed by atoms with Gasteiger partial charge in [0, 0.05) is 12.0 Å². The van der Waals surface area contributed by atoms with Crippen LogP contribution in [-0.4, -0.2) is 46.8 Å². The molecule has 2 aromatic heterocycles. The normalized spacial score (nSPS) is 15.9. The topological polar surface area (TPSA) is 135 Å². The van der Waals surface area contributed by atoms with E-state index in [0.717, 1.165) is 24.0 Å². The molecule has 0 radical (unpaired) electrons. The second-order valence-electron chi connectivity index (χ2n) is 10.9. The van der Waals surface area contributed by atoms with Gasteiger partial charge in [0.1, 0.15) is 16.5 Å². The monoisotopic (exact) mass is 658 g/mol. The average Bonchev–Trinajstić information content (AvgIpc) is 3.45. The SMILES string of the molecule is C[C@H](NS(=O)(=O)c1ccc(-c2sc(-c3noc(CC(C)(C)C(=O)O)n3)nc2CC2CCC2)c(C(F)(F)F)c1F)C(F)(F)F. The maximum Gasteiger partial charge on any atom is 0.419 e. The first-order chi connectivity index (χ1) is 19.7. The van der Waals surface area contributed by atoms with Gasteiger partial charge in [0.05, 0.1) is 16.0 Å². The highest BCUT2D eigenvalue weighted by atomic mass is 32.2. The molecule has 236 valence electrons. The molecule has 1 fully saturated rings. The molecular formula is C25H25F7N4O5S2. The van der Waals surface area contributed by atoms with E-state index in [-0.39, 0.29) is 46.1 Å². The van der Waals surface area contributed by atoms with Crippen LogP contribution in [0.3, 0.4) is 0 Å². The molecule has 2 N–H and O–H groups in total. The first-order valence-corrected chi connectivity index (χ1v) is 15.1. The number of hydrogen-bond acceptors (Lipinski definition) is 8. The largest absolute Gasteiger partial charge is 0.481 e. The Labute approximate surface area is 244 Å². The Balaban J connectivity index is 1.82. The number of halogens is 7. The molecule has 4 rings (SSSR count). The third-order valence-corrected chi connectivity index (χ3v) is 9.67. The van der Waals surface area contributed by atoms with Crippen molar-refractivity contribution >= 4 is 27.3 Å². The third-order valence-electron chi connectivity index (χ3n) is 6.98. The molecule has 43 heavy (non-hydrogen) atoms. The van der Waals surface area contributed by atoms with Crippen molar-refractivity contribution in [1.29, 1.82) is 0 Å². The molecule has 0 amide bonds. The van der Waals surface area contributed by atoms with E-state index in [0.29, 0.717) is 30.4 Å². The molecule has 1 aliphatic carbocycles.